The zero-order chi connectivity index (χ0) is 11.6. The topological polar surface area (TPSA) is 55.1 Å². The van der Waals surface area contributed by atoms with E-state index < -0.39 is 0 Å². The Morgan fingerprint density at radius 2 is 1.94 bits per heavy atom. The van der Waals surface area contributed by atoms with Crippen molar-refractivity contribution in [3.05, 3.63) is 35.9 Å². The van der Waals surface area contributed by atoms with Gasteiger partial charge in [-0.3, -0.25) is 4.79 Å². The third kappa shape index (κ3) is 5.51. The van der Waals surface area contributed by atoms with Gasteiger partial charge in [0.1, 0.15) is 0 Å². The maximum atomic E-state index is 11.4. The molecule has 0 aliphatic heterocycles. The lowest BCUT2D eigenvalue weighted by atomic mass is 10.1. The Morgan fingerprint density at radius 1 is 1.19 bits per heavy atom. The summed E-state index contributed by atoms with van der Waals surface area (Å²) in [6.07, 6.45) is 3.31. The van der Waals surface area contributed by atoms with Gasteiger partial charge in [0.2, 0.25) is 5.91 Å². The monoisotopic (exact) mass is 220 g/mol. The highest BCUT2D eigenvalue weighted by atomic mass is 16.1. The molecule has 0 saturated carbocycles. The lowest BCUT2D eigenvalue weighted by Crippen LogP contribution is -2.25. The molecule has 3 heteroatoms. The lowest BCUT2D eigenvalue weighted by molar-refractivity contribution is -0.121. The fourth-order valence-corrected chi connectivity index (χ4v) is 1.52. The van der Waals surface area contributed by atoms with Gasteiger partial charge in [-0.25, -0.2) is 0 Å². The Kier molecular flexibility index (Phi) is 6.26. The maximum absolute atomic E-state index is 11.4. The predicted octanol–water partition coefficient (Wildman–Crippen LogP) is 1.47. The van der Waals surface area contributed by atoms with Gasteiger partial charge in [-0.1, -0.05) is 30.3 Å². The molecule has 1 amide bonds. The summed E-state index contributed by atoms with van der Waals surface area (Å²) in [5.74, 6) is 0.129. The minimum absolute atomic E-state index is 0.129. The van der Waals surface area contributed by atoms with Gasteiger partial charge in [0, 0.05) is 13.0 Å². The van der Waals surface area contributed by atoms with Gasteiger partial charge in [0.25, 0.3) is 0 Å². The van der Waals surface area contributed by atoms with Crippen molar-refractivity contribution < 1.29 is 4.79 Å². The third-order valence-corrected chi connectivity index (χ3v) is 2.42. The molecule has 0 radical (unpaired) electrons. The van der Waals surface area contributed by atoms with Crippen molar-refractivity contribution in [3.8, 4) is 0 Å². The van der Waals surface area contributed by atoms with E-state index >= 15 is 0 Å². The van der Waals surface area contributed by atoms with Crippen LogP contribution in [-0.4, -0.2) is 19.0 Å². The number of benzene rings is 1. The molecular formula is C13H20N2O. The summed E-state index contributed by atoms with van der Waals surface area (Å²) in [5, 5.41) is 2.85. The first-order chi connectivity index (χ1) is 7.83. The van der Waals surface area contributed by atoms with Crippen LogP contribution < -0.4 is 11.1 Å². The Labute approximate surface area is 97.0 Å². The van der Waals surface area contributed by atoms with E-state index in [0.29, 0.717) is 19.5 Å². The van der Waals surface area contributed by atoms with E-state index in [0.717, 1.165) is 19.3 Å². The van der Waals surface area contributed by atoms with E-state index in [2.05, 4.69) is 17.4 Å². The average molecular weight is 220 g/mol. The molecule has 0 bridgehead atoms. The fraction of sp³-hybridized carbons (Fsp3) is 0.462. The van der Waals surface area contributed by atoms with Gasteiger partial charge >= 0.3 is 0 Å². The molecule has 3 N–H and O–H groups in total. The van der Waals surface area contributed by atoms with Gasteiger partial charge < -0.3 is 11.1 Å². The standard InChI is InChI=1S/C13H20N2O/c14-10-5-11-15-13(16)9-4-8-12-6-2-1-3-7-12/h1-3,6-7H,4-5,8-11,14H2,(H,15,16). The summed E-state index contributed by atoms with van der Waals surface area (Å²) >= 11 is 0. The second-order valence-electron chi connectivity index (χ2n) is 3.83. The van der Waals surface area contributed by atoms with Crippen molar-refractivity contribution in [2.45, 2.75) is 25.7 Å². The van der Waals surface area contributed by atoms with Crippen LogP contribution in [0.2, 0.25) is 0 Å². The van der Waals surface area contributed by atoms with E-state index in [1.807, 2.05) is 18.2 Å². The third-order valence-electron chi connectivity index (χ3n) is 2.42. The van der Waals surface area contributed by atoms with E-state index in [4.69, 9.17) is 5.73 Å². The molecule has 0 aliphatic carbocycles. The minimum Gasteiger partial charge on any atom is -0.356 e. The van der Waals surface area contributed by atoms with Gasteiger partial charge in [-0.05, 0) is 31.4 Å². The largest absolute Gasteiger partial charge is 0.356 e. The van der Waals surface area contributed by atoms with Crippen molar-refractivity contribution in [1.29, 1.82) is 0 Å². The molecule has 0 aliphatic rings. The minimum atomic E-state index is 0.129. The first-order valence-corrected chi connectivity index (χ1v) is 5.83. The highest BCUT2D eigenvalue weighted by Crippen LogP contribution is 2.04. The highest BCUT2D eigenvalue weighted by Gasteiger charge is 2.00. The van der Waals surface area contributed by atoms with E-state index in [1.165, 1.54) is 5.56 Å². The number of aryl methyl sites for hydroxylation is 1. The Balaban J connectivity index is 2.09. The van der Waals surface area contributed by atoms with Crippen LogP contribution in [0.4, 0.5) is 0 Å². The smallest absolute Gasteiger partial charge is 0.220 e. The number of nitrogens with one attached hydrogen (secondary N) is 1. The molecule has 88 valence electrons. The second kappa shape index (κ2) is 7.88. The van der Waals surface area contributed by atoms with Gasteiger partial charge in [-0.2, -0.15) is 0 Å². The van der Waals surface area contributed by atoms with Crippen LogP contribution in [0.15, 0.2) is 30.3 Å². The fourth-order valence-electron chi connectivity index (χ4n) is 1.52. The Hall–Kier alpha value is -1.35. The van der Waals surface area contributed by atoms with Crippen LogP contribution in [0.5, 0.6) is 0 Å². The number of carbonyl (C=O) groups excluding carboxylic acids is 1. The van der Waals surface area contributed by atoms with Crippen molar-refractivity contribution in [2.75, 3.05) is 13.1 Å². The first-order valence-electron chi connectivity index (χ1n) is 5.83. The van der Waals surface area contributed by atoms with E-state index in [-0.39, 0.29) is 5.91 Å². The molecule has 0 atom stereocenters. The number of amides is 1. The van der Waals surface area contributed by atoms with Crippen LogP contribution in [0.25, 0.3) is 0 Å². The SMILES string of the molecule is NCCCNC(=O)CCCc1ccccc1. The lowest BCUT2D eigenvalue weighted by Gasteiger charge is -2.04. The Bertz CT molecular complexity index is 298. The summed E-state index contributed by atoms with van der Waals surface area (Å²) in [5.41, 5.74) is 6.63. The van der Waals surface area contributed by atoms with Crippen molar-refractivity contribution >= 4 is 5.91 Å². The normalized spacial score (nSPS) is 10.1. The number of rotatable bonds is 7. The molecule has 3 nitrogen and oxygen atoms in total. The van der Waals surface area contributed by atoms with Gasteiger partial charge in [-0.15, -0.1) is 0 Å². The molecule has 1 rings (SSSR count). The predicted molar refractivity (Wildman–Crippen MR) is 66.1 cm³/mol. The molecule has 0 spiro atoms. The van der Waals surface area contributed by atoms with Crippen LogP contribution in [0, 0.1) is 0 Å². The molecule has 0 unspecified atom stereocenters. The van der Waals surface area contributed by atoms with Gasteiger partial charge in [0.15, 0.2) is 0 Å². The quantitative estimate of drug-likeness (QED) is 0.684. The molecule has 0 aromatic heterocycles. The van der Waals surface area contributed by atoms with E-state index in [9.17, 15) is 4.79 Å². The zero-order valence-corrected chi connectivity index (χ0v) is 9.61. The molecule has 0 saturated heterocycles. The maximum Gasteiger partial charge on any atom is 0.220 e. The van der Waals surface area contributed by atoms with Gasteiger partial charge in [0.05, 0.1) is 0 Å². The Morgan fingerprint density at radius 3 is 2.62 bits per heavy atom. The summed E-state index contributed by atoms with van der Waals surface area (Å²) in [6.45, 7) is 1.32. The summed E-state index contributed by atoms with van der Waals surface area (Å²) in [7, 11) is 0. The zero-order valence-electron chi connectivity index (χ0n) is 9.61. The molecular weight excluding hydrogens is 200 g/mol. The van der Waals surface area contributed by atoms with Crippen LogP contribution in [0.1, 0.15) is 24.8 Å². The van der Waals surface area contributed by atoms with Crippen molar-refractivity contribution in [1.82, 2.24) is 5.32 Å². The number of carbonyl (C=O) groups is 1. The molecule has 0 fully saturated rings. The number of hydrogen-bond acceptors (Lipinski definition) is 2. The number of hydrogen-bond donors (Lipinski definition) is 2. The molecule has 1 aromatic carbocycles. The molecule has 1 aromatic rings. The summed E-state index contributed by atoms with van der Waals surface area (Å²) < 4.78 is 0. The van der Waals surface area contributed by atoms with Crippen LogP contribution in [0.3, 0.4) is 0 Å². The molecule has 16 heavy (non-hydrogen) atoms. The average Bonchev–Trinajstić information content (AvgIpc) is 2.31. The van der Waals surface area contributed by atoms with Crippen LogP contribution in [-0.2, 0) is 11.2 Å². The van der Waals surface area contributed by atoms with Crippen molar-refractivity contribution in [2.24, 2.45) is 5.73 Å². The van der Waals surface area contributed by atoms with Crippen molar-refractivity contribution in [3.63, 3.8) is 0 Å². The summed E-state index contributed by atoms with van der Waals surface area (Å²) in [4.78, 5) is 11.4. The van der Waals surface area contributed by atoms with Crippen LogP contribution >= 0.6 is 0 Å². The second-order valence-corrected chi connectivity index (χ2v) is 3.83. The van der Waals surface area contributed by atoms with E-state index in [1.54, 1.807) is 0 Å². The first kappa shape index (κ1) is 12.7. The number of nitrogens with two attached hydrogens (primary N) is 1. The summed E-state index contributed by atoms with van der Waals surface area (Å²) in [6, 6.07) is 10.2. The molecule has 0 heterocycles. The highest BCUT2D eigenvalue weighted by molar-refractivity contribution is 5.75.